The van der Waals surface area contributed by atoms with Gasteiger partial charge >= 0.3 is 0 Å². The van der Waals surface area contributed by atoms with E-state index in [9.17, 15) is 0 Å². The SMILES string of the molecule is [CH]Cc1cccn1C. The smallest absolute Gasteiger partial charge is 0.0174 e. The Morgan fingerprint density at radius 2 is 2.50 bits per heavy atom. The number of aryl methyl sites for hydroxylation is 1. The normalized spacial score (nSPS) is 9.75. The minimum Gasteiger partial charge on any atom is -0.354 e. The maximum atomic E-state index is 5.37. The Bertz CT molecular complexity index is 165. The second-order valence-corrected chi connectivity index (χ2v) is 1.81. The molecule has 0 N–H and O–H groups in total. The fourth-order valence-electron chi connectivity index (χ4n) is 0.709. The van der Waals surface area contributed by atoms with Crippen molar-refractivity contribution < 1.29 is 0 Å². The first kappa shape index (κ1) is 5.42. The largest absolute Gasteiger partial charge is 0.354 e. The Labute approximate surface area is 49.9 Å². The maximum Gasteiger partial charge on any atom is 0.0174 e. The summed E-state index contributed by atoms with van der Waals surface area (Å²) in [5.41, 5.74) is 1.17. The van der Waals surface area contributed by atoms with E-state index in [0.717, 1.165) is 0 Å². The third-order valence-corrected chi connectivity index (χ3v) is 1.26. The summed E-state index contributed by atoms with van der Waals surface area (Å²) in [5, 5.41) is 0. The van der Waals surface area contributed by atoms with Gasteiger partial charge in [-0.15, -0.1) is 0 Å². The number of nitrogens with zero attached hydrogens (tertiary/aromatic N) is 1. The molecule has 1 heterocycles. The van der Waals surface area contributed by atoms with Gasteiger partial charge in [-0.1, -0.05) is 0 Å². The highest BCUT2D eigenvalue weighted by atomic mass is 14.9. The molecule has 1 nitrogen and oxygen atoms in total. The third-order valence-electron chi connectivity index (χ3n) is 1.26. The summed E-state index contributed by atoms with van der Waals surface area (Å²) in [7, 11) is 1.99. The average molecular weight is 107 g/mol. The first-order valence-corrected chi connectivity index (χ1v) is 2.65. The molecule has 0 saturated heterocycles. The van der Waals surface area contributed by atoms with Crippen LogP contribution in [0.2, 0.25) is 0 Å². The molecule has 1 aromatic rings. The lowest BCUT2D eigenvalue weighted by Gasteiger charge is -1.94. The van der Waals surface area contributed by atoms with Crippen LogP contribution in [0.25, 0.3) is 0 Å². The molecule has 1 rings (SSSR count). The van der Waals surface area contributed by atoms with Gasteiger partial charge in [0, 0.05) is 18.9 Å². The molecule has 0 aliphatic carbocycles. The summed E-state index contributed by atoms with van der Waals surface area (Å²) in [4.78, 5) is 0. The molecule has 0 unspecified atom stereocenters. The van der Waals surface area contributed by atoms with Crippen LogP contribution in [-0.2, 0) is 13.5 Å². The van der Waals surface area contributed by atoms with Crippen LogP contribution in [0.3, 0.4) is 0 Å². The zero-order chi connectivity index (χ0) is 5.98. The lowest BCUT2D eigenvalue weighted by Crippen LogP contribution is -1.90. The molecular formula is C7H9N. The van der Waals surface area contributed by atoms with E-state index >= 15 is 0 Å². The van der Waals surface area contributed by atoms with Gasteiger partial charge in [-0.25, -0.2) is 0 Å². The molecule has 0 aliphatic heterocycles. The quantitative estimate of drug-likeness (QED) is 0.509. The molecule has 0 fully saturated rings. The van der Waals surface area contributed by atoms with Gasteiger partial charge in [0.05, 0.1) is 0 Å². The fraction of sp³-hybridized carbons (Fsp3) is 0.286. The van der Waals surface area contributed by atoms with Gasteiger partial charge in [0.1, 0.15) is 0 Å². The van der Waals surface area contributed by atoms with Crippen molar-refractivity contribution in [2.45, 2.75) is 6.42 Å². The molecular weight excluding hydrogens is 98.1 g/mol. The van der Waals surface area contributed by atoms with Crippen molar-refractivity contribution in [2.75, 3.05) is 0 Å². The molecule has 0 saturated carbocycles. The monoisotopic (exact) mass is 107 g/mol. The van der Waals surface area contributed by atoms with E-state index in [1.54, 1.807) is 0 Å². The van der Waals surface area contributed by atoms with Crippen LogP contribution in [0.5, 0.6) is 0 Å². The first-order chi connectivity index (χ1) is 3.84. The van der Waals surface area contributed by atoms with Gasteiger partial charge in [-0.05, 0) is 25.5 Å². The summed E-state index contributed by atoms with van der Waals surface area (Å²) < 4.78 is 2.01. The van der Waals surface area contributed by atoms with Crippen molar-refractivity contribution in [2.24, 2.45) is 7.05 Å². The topological polar surface area (TPSA) is 4.93 Å². The number of aromatic nitrogens is 1. The molecule has 8 heavy (non-hydrogen) atoms. The summed E-state index contributed by atoms with van der Waals surface area (Å²) in [6, 6.07) is 4.00. The molecule has 0 amide bonds. The molecule has 2 radical (unpaired) electrons. The zero-order valence-corrected chi connectivity index (χ0v) is 4.96. The second-order valence-electron chi connectivity index (χ2n) is 1.81. The van der Waals surface area contributed by atoms with Crippen LogP contribution in [0.4, 0.5) is 0 Å². The maximum absolute atomic E-state index is 5.37. The minimum atomic E-state index is 0.628. The van der Waals surface area contributed by atoms with E-state index in [4.69, 9.17) is 6.92 Å². The number of hydrogen-bond donors (Lipinski definition) is 0. The first-order valence-electron chi connectivity index (χ1n) is 2.65. The predicted octanol–water partition coefficient (Wildman–Crippen LogP) is 1.28. The summed E-state index contributed by atoms with van der Waals surface area (Å²) >= 11 is 0. The van der Waals surface area contributed by atoms with Crippen molar-refractivity contribution in [3.05, 3.63) is 30.9 Å². The number of rotatable bonds is 1. The highest BCUT2D eigenvalue weighted by Gasteiger charge is 1.88. The molecule has 42 valence electrons. The molecule has 0 bridgehead atoms. The Morgan fingerprint density at radius 3 is 2.75 bits per heavy atom. The van der Waals surface area contributed by atoms with Gasteiger partial charge in [0.2, 0.25) is 0 Å². The third kappa shape index (κ3) is 0.760. The summed E-state index contributed by atoms with van der Waals surface area (Å²) in [6.45, 7) is 5.37. The lowest BCUT2D eigenvalue weighted by molar-refractivity contribution is 0.857. The van der Waals surface area contributed by atoms with Crippen LogP contribution >= 0.6 is 0 Å². The van der Waals surface area contributed by atoms with Gasteiger partial charge < -0.3 is 4.57 Å². The predicted molar refractivity (Wildman–Crippen MR) is 33.4 cm³/mol. The summed E-state index contributed by atoms with van der Waals surface area (Å²) in [5.74, 6) is 0. The molecule has 0 aliphatic rings. The highest BCUT2D eigenvalue weighted by Crippen LogP contribution is 1.97. The average Bonchev–Trinajstić information content (AvgIpc) is 2.14. The van der Waals surface area contributed by atoms with Crippen LogP contribution in [0.1, 0.15) is 5.69 Å². The van der Waals surface area contributed by atoms with E-state index in [2.05, 4.69) is 0 Å². The van der Waals surface area contributed by atoms with Crippen molar-refractivity contribution in [3.63, 3.8) is 0 Å². The van der Waals surface area contributed by atoms with Crippen LogP contribution in [0.15, 0.2) is 18.3 Å². The van der Waals surface area contributed by atoms with Gasteiger partial charge in [0.15, 0.2) is 0 Å². The van der Waals surface area contributed by atoms with E-state index in [-0.39, 0.29) is 0 Å². The Morgan fingerprint density at radius 1 is 1.75 bits per heavy atom. The van der Waals surface area contributed by atoms with E-state index < -0.39 is 0 Å². The van der Waals surface area contributed by atoms with E-state index in [1.165, 1.54) is 5.69 Å². The second kappa shape index (κ2) is 2.03. The standard InChI is InChI=1S/C7H9N/c1-3-7-5-4-6-8(7)2/h1,4-6H,3H2,2H3. The van der Waals surface area contributed by atoms with E-state index in [1.807, 2.05) is 29.9 Å². The van der Waals surface area contributed by atoms with Crippen LogP contribution in [0, 0.1) is 6.92 Å². The van der Waals surface area contributed by atoms with Gasteiger partial charge in [-0.2, -0.15) is 0 Å². The van der Waals surface area contributed by atoms with Crippen molar-refractivity contribution in [3.8, 4) is 0 Å². The van der Waals surface area contributed by atoms with Crippen LogP contribution in [-0.4, -0.2) is 4.57 Å². The van der Waals surface area contributed by atoms with Crippen molar-refractivity contribution in [1.29, 1.82) is 0 Å². The van der Waals surface area contributed by atoms with Crippen molar-refractivity contribution >= 4 is 0 Å². The molecule has 0 aromatic carbocycles. The molecule has 1 aromatic heterocycles. The van der Waals surface area contributed by atoms with Gasteiger partial charge in [0.25, 0.3) is 0 Å². The minimum absolute atomic E-state index is 0.628. The van der Waals surface area contributed by atoms with Gasteiger partial charge in [-0.3, -0.25) is 0 Å². The number of hydrogen-bond acceptors (Lipinski definition) is 0. The van der Waals surface area contributed by atoms with E-state index in [0.29, 0.717) is 6.42 Å². The van der Waals surface area contributed by atoms with Crippen molar-refractivity contribution in [1.82, 2.24) is 4.57 Å². The zero-order valence-electron chi connectivity index (χ0n) is 4.96. The molecule has 1 heteroatoms. The Kier molecular flexibility index (Phi) is 1.38. The summed E-state index contributed by atoms with van der Waals surface area (Å²) in [6.07, 6.45) is 2.62. The molecule has 0 spiro atoms. The Balaban J connectivity index is 2.92. The highest BCUT2D eigenvalue weighted by molar-refractivity contribution is 5.06. The van der Waals surface area contributed by atoms with Crippen LogP contribution < -0.4 is 0 Å². The lowest BCUT2D eigenvalue weighted by atomic mass is 10.3. The molecule has 0 atom stereocenters. The fourth-order valence-corrected chi connectivity index (χ4v) is 0.709. The Hall–Kier alpha value is -0.720.